The second kappa shape index (κ2) is 6.02. The van der Waals surface area contributed by atoms with Gasteiger partial charge in [0.25, 0.3) is 0 Å². The third kappa shape index (κ3) is 2.86. The molecule has 2 saturated heterocycles. The van der Waals surface area contributed by atoms with Gasteiger partial charge >= 0.3 is 0 Å². The Bertz CT molecular complexity index is 288. The van der Waals surface area contributed by atoms with Crippen LogP contribution in [0.4, 0.5) is 0 Å². The van der Waals surface area contributed by atoms with Crippen LogP contribution in [0.25, 0.3) is 0 Å². The zero-order valence-corrected chi connectivity index (χ0v) is 11.6. The Labute approximate surface area is 110 Å². The molecule has 4 heteroatoms. The first kappa shape index (κ1) is 13.8. The lowest BCUT2D eigenvalue weighted by Crippen LogP contribution is -2.44. The van der Waals surface area contributed by atoms with Crippen LogP contribution in [0.3, 0.4) is 0 Å². The summed E-state index contributed by atoms with van der Waals surface area (Å²) >= 11 is 0. The van der Waals surface area contributed by atoms with Crippen molar-refractivity contribution in [3.05, 3.63) is 0 Å². The molecular weight excluding hydrogens is 228 g/mol. The smallest absolute Gasteiger partial charge is 0.227 e. The van der Waals surface area contributed by atoms with E-state index < -0.39 is 0 Å². The molecule has 2 N–H and O–H groups in total. The van der Waals surface area contributed by atoms with Crippen molar-refractivity contribution in [2.45, 2.75) is 45.6 Å². The topological polar surface area (TPSA) is 50.4 Å². The Morgan fingerprint density at radius 2 is 2.39 bits per heavy atom. The average Bonchev–Trinajstić information content (AvgIpc) is 2.97. The summed E-state index contributed by atoms with van der Waals surface area (Å²) in [7, 11) is 0. The molecule has 104 valence electrons. The van der Waals surface area contributed by atoms with Crippen LogP contribution in [0.2, 0.25) is 0 Å². The molecule has 0 aromatic rings. The van der Waals surface area contributed by atoms with Gasteiger partial charge in [0, 0.05) is 25.6 Å². The summed E-state index contributed by atoms with van der Waals surface area (Å²) < 4.78 is 5.53. The van der Waals surface area contributed by atoms with Gasteiger partial charge in [0.15, 0.2) is 0 Å². The summed E-state index contributed by atoms with van der Waals surface area (Å²) in [6, 6.07) is 0. The molecule has 0 bridgehead atoms. The molecule has 2 fully saturated rings. The Morgan fingerprint density at radius 3 is 2.94 bits per heavy atom. The van der Waals surface area contributed by atoms with Crippen LogP contribution in [0.5, 0.6) is 0 Å². The lowest BCUT2D eigenvalue weighted by atomic mass is 9.81. The number of carbonyl (C=O) groups excluding carboxylic acids is 1. The van der Waals surface area contributed by atoms with Crippen LogP contribution in [0, 0.1) is 11.3 Å². The maximum atomic E-state index is 12.4. The van der Waals surface area contributed by atoms with E-state index in [0.29, 0.717) is 5.92 Å². The number of carbonyl (C=O) groups is 1. The van der Waals surface area contributed by atoms with E-state index in [4.69, 9.17) is 4.74 Å². The van der Waals surface area contributed by atoms with Gasteiger partial charge in [-0.15, -0.1) is 0 Å². The zero-order valence-electron chi connectivity index (χ0n) is 11.6. The summed E-state index contributed by atoms with van der Waals surface area (Å²) in [6.45, 7) is 7.66. The molecule has 0 aromatic carbocycles. The predicted octanol–water partition coefficient (Wildman–Crippen LogP) is 1.31. The van der Waals surface area contributed by atoms with Gasteiger partial charge in [0.05, 0.1) is 11.5 Å². The molecule has 0 aromatic heterocycles. The Balaban J connectivity index is 1.85. The highest BCUT2D eigenvalue weighted by molar-refractivity contribution is 5.83. The van der Waals surface area contributed by atoms with E-state index >= 15 is 0 Å². The molecule has 0 saturated carbocycles. The van der Waals surface area contributed by atoms with Crippen LogP contribution in [-0.4, -0.2) is 38.3 Å². The standard InChI is InChI=1S/C14H26N2O2/c1-3-5-14(6-7-15-10-14)13(17)16-9-12-4-8-18-11(12)2/h11-12,15H,3-10H2,1-2H3,(H,16,17). The minimum atomic E-state index is -0.155. The van der Waals surface area contributed by atoms with Gasteiger partial charge in [-0.05, 0) is 32.7 Å². The van der Waals surface area contributed by atoms with Gasteiger partial charge in [-0.25, -0.2) is 0 Å². The zero-order chi connectivity index (χ0) is 13.0. The SMILES string of the molecule is CCCC1(C(=O)NCC2CCOC2C)CCNC1. The normalized spacial score (nSPS) is 35.9. The van der Waals surface area contributed by atoms with E-state index in [0.717, 1.165) is 51.9 Å². The predicted molar refractivity (Wildman–Crippen MR) is 71.4 cm³/mol. The highest BCUT2D eigenvalue weighted by Gasteiger charge is 2.40. The Morgan fingerprint density at radius 1 is 1.56 bits per heavy atom. The van der Waals surface area contributed by atoms with Crippen molar-refractivity contribution in [3.8, 4) is 0 Å². The Kier molecular flexibility index (Phi) is 4.62. The van der Waals surface area contributed by atoms with Gasteiger partial charge in [0.2, 0.25) is 5.91 Å². The monoisotopic (exact) mass is 254 g/mol. The van der Waals surface area contributed by atoms with E-state index in [1.807, 2.05) is 0 Å². The van der Waals surface area contributed by atoms with E-state index in [9.17, 15) is 4.79 Å². The van der Waals surface area contributed by atoms with Gasteiger partial charge in [-0.1, -0.05) is 13.3 Å². The van der Waals surface area contributed by atoms with Crippen molar-refractivity contribution in [1.82, 2.24) is 10.6 Å². The molecule has 0 spiro atoms. The fraction of sp³-hybridized carbons (Fsp3) is 0.929. The highest BCUT2D eigenvalue weighted by atomic mass is 16.5. The molecular formula is C14H26N2O2. The fourth-order valence-electron chi connectivity index (χ4n) is 3.20. The average molecular weight is 254 g/mol. The van der Waals surface area contributed by atoms with Crippen molar-refractivity contribution in [2.24, 2.45) is 11.3 Å². The lowest BCUT2D eigenvalue weighted by molar-refractivity contribution is -0.130. The summed E-state index contributed by atoms with van der Waals surface area (Å²) in [4.78, 5) is 12.4. The van der Waals surface area contributed by atoms with Crippen molar-refractivity contribution in [3.63, 3.8) is 0 Å². The molecule has 0 radical (unpaired) electrons. The largest absolute Gasteiger partial charge is 0.378 e. The van der Waals surface area contributed by atoms with Crippen molar-refractivity contribution in [2.75, 3.05) is 26.2 Å². The maximum absolute atomic E-state index is 12.4. The molecule has 2 rings (SSSR count). The summed E-state index contributed by atoms with van der Waals surface area (Å²) in [5.74, 6) is 0.732. The molecule has 2 heterocycles. The quantitative estimate of drug-likeness (QED) is 0.777. The first-order valence-electron chi connectivity index (χ1n) is 7.28. The van der Waals surface area contributed by atoms with Crippen molar-refractivity contribution >= 4 is 5.91 Å². The van der Waals surface area contributed by atoms with Gasteiger partial charge in [-0.2, -0.15) is 0 Å². The highest BCUT2D eigenvalue weighted by Crippen LogP contribution is 2.31. The number of hydrogen-bond donors (Lipinski definition) is 2. The van der Waals surface area contributed by atoms with Crippen LogP contribution >= 0.6 is 0 Å². The minimum Gasteiger partial charge on any atom is -0.378 e. The second-order valence-electron chi connectivity index (χ2n) is 5.79. The first-order chi connectivity index (χ1) is 8.68. The summed E-state index contributed by atoms with van der Waals surface area (Å²) in [6.07, 6.45) is 4.39. The molecule has 0 aliphatic carbocycles. The second-order valence-corrected chi connectivity index (χ2v) is 5.79. The van der Waals surface area contributed by atoms with Crippen molar-refractivity contribution in [1.29, 1.82) is 0 Å². The molecule has 2 aliphatic heterocycles. The lowest BCUT2D eigenvalue weighted by Gasteiger charge is -2.27. The van der Waals surface area contributed by atoms with Crippen LogP contribution in [-0.2, 0) is 9.53 Å². The molecule has 2 aliphatic rings. The summed E-state index contributed by atoms with van der Waals surface area (Å²) in [5.41, 5.74) is -0.155. The van der Waals surface area contributed by atoms with Crippen LogP contribution in [0.15, 0.2) is 0 Å². The molecule has 18 heavy (non-hydrogen) atoms. The van der Waals surface area contributed by atoms with E-state index in [2.05, 4.69) is 24.5 Å². The fourth-order valence-corrected chi connectivity index (χ4v) is 3.20. The first-order valence-corrected chi connectivity index (χ1v) is 7.28. The van der Waals surface area contributed by atoms with Gasteiger partial charge < -0.3 is 15.4 Å². The van der Waals surface area contributed by atoms with Crippen LogP contribution < -0.4 is 10.6 Å². The van der Waals surface area contributed by atoms with Crippen molar-refractivity contribution < 1.29 is 9.53 Å². The van der Waals surface area contributed by atoms with E-state index in [1.54, 1.807) is 0 Å². The van der Waals surface area contributed by atoms with Gasteiger partial charge in [-0.3, -0.25) is 4.79 Å². The number of hydrogen-bond acceptors (Lipinski definition) is 3. The number of amides is 1. The molecule has 3 atom stereocenters. The van der Waals surface area contributed by atoms with E-state index in [-0.39, 0.29) is 17.4 Å². The number of nitrogens with one attached hydrogen (secondary N) is 2. The maximum Gasteiger partial charge on any atom is 0.227 e. The number of ether oxygens (including phenoxy) is 1. The summed E-state index contributed by atoms with van der Waals surface area (Å²) in [5, 5.41) is 6.49. The Hall–Kier alpha value is -0.610. The minimum absolute atomic E-state index is 0.155. The van der Waals surface area contributed by atoms with Crippen LogP contribution in [0.1, 0.15) is 39.5 Å². The molecule has 1 amide bonds. The van der Waals surface area contributed by atoms with Gasteiger partial charge in [0.1, 0.15) is 0 Å². The molecule has 4 nitrogen and oxygen atoms in total. The third-order valence-electron chi connectivity index (χ3n) is 4.51. The van der Waals surface area contributed by atoms with E-state index in [1.165, 1.54) is 0 Å². The molecule has 3 unspecified atom stereocenters. The third-order valence-corrected chi connectivity index (χ3v) is 4.51. The number of rotatable bonds is 5.